The van der Waals surface area contributed by atoms with Crippen LogP contribution in [-0.2, 0) is 19.6 Å². The number of sulfonamides is 1. The molecule has 2 amide bonds. The number of fused-ring (bicyclic) bond motifs is 1. The first-order valence-electron chi connectivity index (χ1n) is 12.3. The Morgan fingerprint density at radius 3 is 2.55 bits per heavy atom. The Labute approximate surface area is 221 Å². The van der Waals surface area contributed by atoms with Gasteiger partial charge in [-0.2, -0.15) is 4.31 Å². The summed E-state index contributed by atoms with van der Waals surface area (Å²) in [4.78, 5) is 43.1. The summed E-state index contributed by atoms with van der Waals surface area (Å²) < 4.78 is 33.0. The number of allylic oxidation sites excluding steroid dienone is 1. The molecule has 10 nitrogen and oxygen atoms in total. The molecule has 0 bridgehead atoms. The van der Waals surface area contributed by atoms with E-state index >= 15 is 0 Å². The van der Waals surface area contributed by atoms with Gasteiger partial charge in [-0.3, -0.25) is 14.4 Å². The number of hydrogen-bond acceptors (Lipinski definition) is 7. The number of para-hydroxylation sites is 1. The maximum atomic E-state index is 13.2. The molecule has 1 fully saturated rings. The Hall–Kier alpha value is -3.83. The lowest BCUT2D eigenvalue weighted by molar-refractivity contribution is -0.126. The van der Waals surface area contributed by atoms with E-state index in [0.717, 1.165) is 9.69 Å². The fraction of sp³-hybridized carbons (Fsp3) is 0.333. The second-order valence-electron chi connectivity index (χ2n) is 9.56. The number of rotatable bonds is 7. The molecule has 1 aliphatic heterocycles. The van der Waals surface area contributed by atoms with Crippen LogP contribution in [0.25, 0.3) is 11.0 Å². The Bertz CT molecular complexity index is 1450. The SMILES string of the molecule is CC(C)/C=C(/NC(=O)c1cc2ccccc2o1)C(=O)N[C@H]1CC[C@@H](C)N(S(=O)(=O)c2ccccn2)CC1=O. The molecule has 1 saturated heterocycles. The van der Waals surface area contributed by atoms with E-state index in [9.17, 15) is 22.8 Å². The van der Waals surface area contributed by atoms with Gasteiger partial charge in [0.05, 0.1) is 12.6 Å². The van der Waals surface area contributed by atoms with E-state index in [-0.39, 0.29) is 28.8 Å². The van der Waals surface area contributed by atoms with E-state index in [0.29, 0.717) is 12.0 Å². The van der Waals surface area contributed by atoms with Crippen molar-refractivity contribution in [2.75, 3.05) is 6.54 Å². The lowest BCUT2D eigenvalue weighted by Crippen LogP contribution is -2.47. The summed E-state index contributed by atoms with van der Waals surface area (Å²) in [6.45, 7) is 5.01. The Morgan fingerprint density at radius 1 is 1.13 bits per heavy atom. The molecule has 2 atom stereocenters. The van der Waals surface area contributed by atoms with Gasteiger partial charge < -0.3 is 15.1 Å². The maximum Gasteiger partial charge on any atom is 0.291 e. The van der Waals surface area contributed by atoms with Crippen molar-refractivity contribution in [3.05, 3.63) is 72.3 Å². The number of Topliss-reactive ketones (excluding diaryl/α,β-unsaturated/α-hetero) is 1. The fourth-order valence-electron chi connectivity index (χ4n) is 4.25. The van der Waals surface area contributed by atoms with Crippen molar-refractivity contribution < 1.29 is 27.2 Å². The number of carbonyl (C=O) groups is 3. The number of aromatic nitrogens is 1. The van der Waals surface area contributed by atoms with E-state index in [2.05, 4.69) is 15.6 Å². The molecule has 2 N–H and O–H groups in total. The van der Waals surface area contributed by atoms with Crippen LogP contribution in [0.1, 0.15) is 44.2 Å². The molecule has 3 heterocycles. The van der Waals surface area contributed by atoms with E-state index in [4.69, 9.17) is 4.42 Å². The summed E-state index contributed by atoms with van der Waals surface area (Å²) in [7, 11) is -4.00. The average molecular weight is 539 g/mol. The average Bonchev–Trinajstić information content (AvgIpc) is 3.27. The molecule has 4 rings (SSSR count). The number of benzene rings is 1. The lowest BCUT2D eigenvalue weighted by atomic mass is 10.1. The number of hydrogen-bond donors (Lipinski definition) is 2. The molecular weight excluding hydrogens is 508 g/mol. The highest BCUT2D eigenvalue weighted by Gasteiger charge is 2.37. The monoisotopic (exact) mass is 538 g/mol. The van der Waals surface area contributed by atoms with Gasteiger partial charge in [0, 0.05) is 17.6 Å². The van der Waals surface area contributed by atoms with Crippen molar-refractivity contribution in [2.24, 2.45) is 5.92 Å². The molecule has 0 radical (unpaired) electrons. The largest absolute Gasteiger partial charge is 0.451 e. The highest BCUT2D eigenvalue weighted by atomic mass is 32.2. The second kappa shape index (κ2) is 11.3. The highest BCUT2D eigenvalue weighted by Crippen LogP contribution is 2.23. The van der Waals surface area contributed by atoms with Crippen LogP contribution in [-0.4, -0.2) is 53.9 Å². The van der Waals surface area contributed by atoms with E-state index in [1.54, 1.807) is 43.3 Å². The van der Waals surface area contributed by atoms with Crippen LogP contribution in [0.15, 0.2) is 75.9 Å². The van der Waals surface area contributed by atoms with Crippen molar-refractivity contribution in [1.29, 1.82) is 0 Å². The summed E-state index contributed by atoms with van der Waals surface area (Å²) >= 11 is 0. The Morgan fingerprint density at radius 2 is 1.87 bits per heavy atom. The third-order valence-electron chi connectivity index (χ3n) is 6.22. The molecular formula is C27H30N4O6S. The zero-order chi connectivity index (χ0) is 27.4. The molecule has 1 aliphatic rings. The molecule has 200 valence electrons. The number of pyridine rings is 1. The van der Waals surface area contributed by atoms with Crippen LogP contribution in [0.4, 0.5) is 0 Å². The van der Waals surface area contributed by atoms with Gasteiger partial charge in [0.15, 0.2) is 16.6 Å². The smallest absolute Gasteiger partial charge is 0.291 e. The van der Waals surface area contributed by atoms with Gasteiger partial charge in [0.25, 0.3) is 21.8 Å². The normalized spacial score (nSPS) is 19.4. The van der Waals surface area contributed by atoms with Gasteiger partial charge in [0.2, 0.25) is 0 Å². The summed E-state index contributed by atoms with van der Waals surface area (Å²) in [6, 6.07) is 11.9. The van der Waals surface area contributed by atoms with Crippen molar-refractivity contribution in [3.63, 3.8) is 0 Å². The molecule has 1 aromatic carbocycles. The number of carbonyl (C=O) groups excluding carboxylic acids is 3. The third-order valence-corrected chi connectivity index (χ3v) is 8.10. The standard InChI is InChI=1S/C27H30N4O6S/c1-17(2)14-21(30-27(34)24-15-19-8-4-5-9-23(19)37-24)26(33)29-20-12-11-18(3)31(16-22(20)32)38(35,36)25-10-6-7-13-28-25/h4-10,13-15,17-18,20H,11-12,16H2,1-3H3,(H,29,33)(H,30,34)/b21-14+/t18-,20+/m1/s1. The maximum absolute atomic E-state index is 13.2. The van der Waals surface area contributed by atoms with Crippen LogP contribution in [0.5, 0.6) is 0 Å². The van der Waals surface area contributed by atoms with Crippen LogP contribution in [0, 0.1) is 5.92 Å². The topological polar surface area (TPSA) is 139 Å². The van der Waals surface area contributed by atoms with Crippen LogP contribution < -0.4 is 10.6 Å². The number of ketones is 1. The molecule has 3 aromatic rings. The Kier molecular flexibility index (Phi) is 8.08. The molecule has 0 aliphatic carbocycles. The van der Waals surface area contributed by atoms with Crippen molar-refractivity contribution in [2.45, 2.75) is 50.7 Å². The minimum atomic E-state index is -4.00. The molecule has 11 heteroatoms. The van der Waals surface area contributed by atoms with Gasteiger partial charge in [-0.25, -0.2) is 13.4 Å². The summed E-state index contributed by atoms with van der Waals surface area (Å²) in [5, 5.41) is 5.90. The minimum Gasteiger partial charge on any atom is -0.451 e. The first kappa shape index (κ1) is 27.2. The summed E-state index contributed by atoms with van der Waals surface area (Å²) in [5.74, 6) is -1.74. The number of furan rings is 1. The highest BCUT2D eigenvalue weighted by molar-refractivity contribution is 7.89. The zero-order valence-corrected chi connectivity index (χ0v) is 22.2. The number of amides is 2. The number of nitrogens with one attached hydrogen (secondary N) is 2. The van der Waals surface area contributed by atoms with Crippen molar-refractivity contribution >= 4 is 38.6 Å². The molecule has 2 aromatic heterocycles. The van der Waals surface area contributed by atoms with Crippen molar-refractivity contribution in [1.82, 2.24) is 19.9 Å². The second-order valence-corrected chi connectivity index (χ2v) is 11.4. The van der Waals surface area contributed by atoms with Crippen LogP contribution in [0.2, 0.25) is 0 Å². The van der Waals surface area contributed by atoms with Gasteiger partial charge >= 0.3 is 0 Å². The zero-order valence-electron chi connectivity index (χ0n) is 21.4. The lowest BCUT2D eigenvalue weighted by Gasteiger charge is -2.24. The quantitative estimate of drug-likeness (QED) is 0.441. The first-order valence-corrected chi connectivity index (χ1v) is 13.8. The summed E-state index contributed by atoms with van der Waals surface area (Å²) in [6.07, 6.45) is 3.55. The van der Waals surface area contributed by atoms with E-state index < -0.39 is 46.2 Å². The molecule has 38 heavy (non-hydrogen) atoms. The first-order chi connectivity index (χ1) is 18.1. The predicted octanol–water partition coefficient (Wildman–Crippen LogP) is 3.02. The van der Waals surface area contributed by atoms with Crippen molar-refractivity contribution in [3.8, 4) is 0 Å². The summed E-state index contributed by atoms with van der Waals surface area (Å²) in [5.41, 5.74) is 0.522. The Balaban J connectivity index is 1.49. The van der Waals surface area contributed by atoms with Crippen LogP contribution in [0.3, 0.4) is 0 Å². The van der Waals surface area contributed by atoms with Gasteiger partial charge in [-0.1, -0.05) is 44.2 Å². The third kappa shape index (κ3) is 6.00. The van der Waals surface area contributed by atoms with Gasteiger partial charge in [-0.05, 0) is 49.9 Å². The van der Waals surface area contributed by atoms with Gasteiger partial charge in [0.1, 0.15) is 11.3 Å². The number of nitrogens with zero attached hydrogens (tertiary/aromatic N) is 2. The van der Waals surface area contributed by atoms with Crippen LogP contribution >= 0.6 is 0 Å². The molecule has 0 spiro atoms. The van der Waals surface area contributed by atoms with E-state index in [1.165, 1.54) is 12.3 Å². The van der Waals surface area contributed by atoms with E-state index in [1.807, 2.05) is 26.0 Å². The van der Waals surface area contributed by atoms with Gasteiger partial charge in [-0.15, -0.1) is 0 Å². The predicted molar refractivity (Wildman–Crippen MR) is 140 cm³/mol. The molecule has 0 saturated carbocycles. The minimum absolute atomic E-state index is 0.0199. The molecule has 0 unspecified atom stereocenters. The fourth-order valence-corrected chi connectivity index (χ4v) is 5.81.